The van der Waals surface area contributed by atoms with Crippen molar-refractivity contribution in [3.05, 3.63) is 10.8 Å². The highest BCUT2D eigenvalue weighted by molar-refractivity contribution is 6.31. The van der Waals surface area contributed by atoms with Crippen molar-refractivity contribution in [2.24, 2.45) is 11.7 Å². The van der Waals surface area contributed by atoms with Crippen LogP contribution >= 0.6 is 11.6 Å². The fourth-order valence-corrected chi connectivity index (χ4v) is 3.54. The van der Waals surface area contributed by atoms with E-state index in [1.165, 1.54) is 32.4 Å². The van der Waals surface area contributed by atoms with Crippen LogP contribution in [0, 0.1) is 11.3 Å². The van der Waals surface area contributed by atoms with E-state index in [1.807, 2.05) is 0 Å². The Morgan fingerprint density at radius 3 is 2.59 bits per heavy atom. The van der Waals surface area contributed by atoms with Gasteiger partial charge in [0.25, 0.3) is 5.91 Å². The van der Waals surface area contributed by atoms with Crippen LogP contribution in [0.3, 0.4) is 0 Å². The minimum Gasteiger partial charge on any atom is -0.382 e. The summed E-state index contributed by atoms with van der Waals surface area (Å²) in [5.74, 6) is -0.172. The normalized spacial score (nSPS) is 15.2. The van der Waals surface area contributed by atoms with Gasteiger partial charge in [-0.05, 0) is 57.8 Å². The topological polar surface area (TPSA) is 172 Å². The molecular formula is C18H32ClN9O. The summed E-state index contributed by atoms with van der Waals surface area (Å²) in [4.78, 5) is 22.2. The lowest BCUT2D eigenvalue weighted by Crippen LogP contribution is -2.41. The van der Waals surface area contributed by atoms with Gasteiger partial charge in [-0.1, -0.05) is 24.4 Å². The Kier molecular flexibility index (Phi) is 9.36. The number of nitrogens with zero attached hydrogens (tertiary/aromatic N) is 3. The molecule has 1 aliphatic heterocycles. The fraction of sp³-hybridized carbons (Fsp3) is 0.667. The van der Waals surface area contributed by atoms with Gasteiger partial charge in [0, 0.05) is 6.54 Å². The van der Waals surface area contributed by atoms with E-state index in [-0.39, 0.29) is 28.4 Å². The third kappa shape index (κ3) is 7.64. The standard InChI is InChI=1S/C18H32ClN9O/c19-14-16(22)26-15(21)13(25-14)17(29)27-18(23)24-8-2-1-4-12-5-10-28(11-6-12)9-3-7-20/h12H,1-11,20H2,(H4,21,22,26)(H3,23,24,27,29). The molecule has 0 aromatic carbocycles. The first kappa shape index (κ1) is 23.1. The molecule has 0 radical (unpaired) electrons. The summed E-state index contributed by atoms with van der Waals surface area (Å²) in [7, 11) is 0. The Morgan fingerprint density at radius 2 is 1.90 bits per heavy atom. The van der Waals surface area contributed by atoms with E-state index in [0.717, 1.165) is 38.3 Å². The summed E-state index contributed by atoms with van der Waals surface area (Å²) in [6.45, 7) is 4.82. The lowest BCUT2D eigenvalue weighted by Gasteiger charge is -2.31. The van der Waals surface area contributed by atoms with E-state index < -0.39 is 5.91 Å². The van der Waals surface area contributed by atoms with Gasteiger partial charge < -0.3 is 27.4 Å². The summed E-state index contributed by atoms with van der Waals surface area (Å²) < 4.78 is 0. The van der Waals surface area contributed by atoms with Crippen LogP contribution in [0.2, 0.25) is 5.15 Å². The number of hydrogen-bond donors (Lipinski definition) is 6. The Balaban J connectivity index is 1.59. The lowest BCUT2D eigenvalue weighted by atomic mass is 9.91. The molecule has 11 heteroatoms. The van der Waals surface area contributed by atoms with E-state index >= 15 is 0 Å². The van der Waals surface area contributed by atoms with Crippen molar-refractivity contribution in [2.45, 2.75) is 38.5 Å². The van der Waals surface area contributed by atoms with Gasteiger partial charge in [0.1, 0.15) is 0 Å². The molecule has 10 nitrogen and oxygen atoms in total. The number of unbranched alkanes of at least 4 members (excludes halogenated alkanes) is 1. The van der Waals surface area contributed by atoms with Crippen LogP contribution < -0.4 is 27.8 Å². The van der Waals surface area contributed by atoms with E-state index in [2.05, 4.69) is 25.5 Å². The molecule has 0 saturated carbocycles. The third-order valence-corrected chi connectivity index (χ3v) is 5.36. The molecule has 29 heavy (non-hydrogen) atoms. The van der Waals surface area contributed by atoms with E-state index in [4.69, 9.17) is 34.2 Å². The van der Waals surface area contributed by atoms with Gasteiger partial charge in [-0.2, -0.15) is 0 Å². The fourth-order valence-electron chi connectivity index (χ4n) is 3.41. The molecule has 1 aromatic heterocycles. The lowest BCUT2D eigenvalue weighted by molar-refractivity contribution is 0.0971. The summed E-state index contributed by atoms with van der Waals surface area (Å²) in [6, 6.07) is 0. The zero-order valence-corrected chi connectivity index (χ0v) is 17.5. The zero-order chi connectivity index (χ0) is 21.2. The second-order valence-corrected chi connectivity index (χ2v) is 7.67. The quantitative estimate of drug-likeness (QED) is 0.191. The van der Waals surface area contributed by atoms with Crippen LogP contribution in [0.1, 0.15) is 49.0 Å². The first-order valence-corrected chi connectivity index (χ1v) is 10.4. The molecule has 0 aliphatic carbocycles. The minimum absolute atomic E-state index is 0.0462. The van der Waals surface area contributed by atoms with Crippen LogP contribution in [0.4, 0.5) is 11.6 Å². The Morgan fingerprint density at radius 1 is 1.17 bits per heavy atom. The molecule has 1 aromatic rings. The average Bonchev–Trinajstić information content (AvgIpc) is 2.69. The monoisotopic (exact) mass is 425 g/mol. The molecule has 1 fully saturated rings. The van der Waals surface area contributed by atoms with Crippen LogP contribution in [0.15, 0.2) is 0 Å². The molecule has 162 valence electrons. The van der Waals surface area contributed by atoms with Gasteiger partial charge in [0.05, 0.1) is 0 Å². The number of aromatic nitrogens is 2. The van der Waals surface area contributed by atoms with Crippen molar-refractivity contribution in [2.75, 3.05) is 44.2 Å². The van der Waals surface area contributed by atoms with E-state index in [1.54, 1.807) is 0 Å². The molecule has 2 rings (SSSR count). The molecular weight excluding hydrogens is 394 g/mol. The van der Waals surface area contributed by atoms with Gasteiger partial charge >= 0.3 is 0 Å². The third-order valence-electron chi connectivity index (χ3n) is 5.08. The van der Waals surface area contributed by atoms with Gasteiger partial charge in [0.2, 0.25) is 0 Å². The van der Waals surface area contributed by atoms with E-state index in [9.17, 15) is 4.79 Å². The number of nitrogens with one attached hydrogen (secondary N) is 3. The maximum atomic E-state index is 12.1. The number of nitrogens with two attached hydrogens (primary N) is 3. The highest BCUT2D eigenvalue weighted by atomic mass is 35.5. The number of halogens is 1. The smallest absolute Gasteiger partial charge is 0.280 e. The maximum absolute atomic E-state index is 12.1. The number of likely N-dealkylation sites (tertiary alicyclic amines) is 1. The largest absolute Gasteiger partial charge is 0.382 e. The van der Waals surface area contributed by atoms with Crippen LogP contribution in [0.5, 0.6) is 0 Å². The number of carbonyl (C=O) groups excluding carboxylic acids is 1. The molecule has 0 spiro atoms. The first-order chi connectivity index (χ1) is 13.9. The second-order valence-electron chi connectivity index (χ2n) is 7.31. The van der Waals surface area contributed by atoms with Gasteiger partial charge in [0.15, 0.2) is 28.4 Å². The highest BCUT2D eigenvalue weighted by Gasteiger charge is 2.19. The van der Waals surface area contributed by atoms with Crippen molar-refractivity contribution in [3.63, 3.8) is 0 Å². The summed E-state index contributed by atoms with van der Waals surface area (Å²) in [5, 5.41) is 13.0. The predicted molar refractivity (Wildman–Crippen MR) is 116 cm³/mol. The van der Waals surface area contributed by atoms with Gasteiger partial charge in [-0.25, -0.2) is 9.97 Å². The zero-order valence-electron chi connectivity index (χ0n) is 16.7. The SMILES string of the molecule is N=C(NCCCCC1CCN(CCCN)CC1)NC(=O)c1nc(Cl)c(N)nc1N. The molecule has 0 bridgehead atoms. The van der Waals surface area contributed by atoms with E-state index in [0.29, 0.717) is 6.54 Å². The number of carbonyl (C=O) groups is 1. The van der Waals surface area contributed by atoms with Crippen molar-refractivity contribution in [1.82, 2.24) is 25.5 Å². The number of hydrogen-bond acceptors (Lipinski definition) is 8. The Bertz CT molecular complexity index is 692. The molecule has 9 N–H and O–H groups in total. The molecule has 1 aliphatic rings. The van der Waals surface area contributed by atoms with Crippen molar-refractivity contribution in [1.29, 1.82) is 5.41 Å². The predicted octanol–water partition coefficient (Wildman–Crippen LogP) is 0.780. The molecule has 0 unspecified atom stereocenters. The molecule has 2 heterocycles. The Labute approximate surface area is 176 Å². The van der Waals surface area contributed by atoms with Crippen LogP contribution in [-0.2, 0) is 0 Å². The number of piperidine rings is 1. The summed E-state index contributed by atoms with van der Waals surface area (Å²) >= 11 is 5.77. The molecule has 0 atom stereocenters. The highest BCUT2D eigenvalue weighted by Crippen LogP contribution is 2.22. The number of nitrogen functional groups attached to an aromatic ring is 2. The van der Waals surface area contributed by atoms with Crippen LogP contribution in [-0.4, -0.2) is 59.5 Å². The number of guanidine groups is 1. The average molecular weight is 426 g/mol. The van der Waals surface area contributed by atoms with Gasteiger partial charge in [-0.15, -0.1) is 0 Å². The number of amides is 1. The van der Waals surface area contributed by atoms with Crippen molar-refractivity contribution in [3.8, 4) is 0 Å². The first-order valence-electron chi connectivity index (χ1n) is 10.1. The number of rotatable bonds is 9. The van der Waals surface area contributed by atoms with Crippen LogP contribution in [0.25, 0.3) is 0 Å². The number of anilines is 2. The van der Waals surface area contributed by atoms with Crippen molar-refractivity contribution >= 4 is 35.1 Å². The summed E-state index contributed by atoms with van der Waals surface area (Å²) in [6.07, 6.45) is 6.79. The Hall–Kier alpha value is -2.17. The molecule has 1 saturated heterocycles. The minimum atomic E-state index is -0.657. The second kappa shape index (κ2) is 11.7. The van der Waals surface area contributed by atoms with Crippen molar-refractivity contribution < 1.29 is 4.79 Å². The molecule has 1 amide bonds. The van der Waals surface area contributed by atoms with Gasteiger partial charge in [-0.3, -0.25) is 15.5 Å². The maximum Gasteiger partial charge on any atom is 0.280 e. The summed E-state index contributed by atoms with van der Waals surface area (Å²) in [5.41, 5.74) is 16.5.